The van der Waals surface area contributed by atoms with Gasteiger partial charge in [-0.3, -0.25) is 0 Å². The van der Waals surface area contributed by atoms with Crippen LogP contribution in [0, 0.1) is 0 Å². The first-order valence-electron chi connectivity index (χ1n) is 8.01. The number of benzene rings is 1. The van der Waals surface area contributed by atoms with Crippen LogP contribution in [-0.2, 0) is 0 Å². The van der Waals surface area contributed by atoms with Gasteiger partial charge in [-0.15, -0.1) is 0 Å². The second kappa shape index (κ2) is 8.62. The first kappa shape index (κ1) is 18.9. The van der Waals surface area contributed by atoms with Gasteiger partial charge in [-0.1, -0.05) is 24.9 Å². The molecule has 3 N–H and O–H groups in total. The predicted molar refractivity (Wildman–Crippen MR) is 102 cm³/mol. The van der Waals surface area contributed by atoms with E-state index in [-0.39, 0.29) is 0 Å². The summed E-state index contributed by atoms with van der Waals surface area (Å²) in [6.07, 6.45) is 3.64. The molecule has 8 heteroatoms. The summed E-state index contributed by atoms with van der Waals surface area (Å²) in [5.74, 6) is 2.28. The van der Waals surface area contributed by atoms with E-state index < -0.39 is 0 Å². The van der Waals surface area contributed by atoms with Crippen molar-refractivity contribution in [1.82, 2.24) is 9.97 Å². The van der Waals surface area contributed by atoms with Crippen molar-refractivity contribution in [2.75, 3.05) is 43.8 Å². The summed E-state index contributed by atoms with van der Waals surface area (Å²) in [5.41, 5.74) is 7.37. The fourth-order valence-electron chi connectivity index (χ4n) is 2.38. The maximum Gasteiger partial charge on any atom is 0.159 e. The number of halogens is 1. The van der Waals surface area contributed by atoms with E-state index in [1.807, 2.05) is 11.9 Å². The number of nitrogen functional groups attached to an aromatic ring is 1. The monoisotopic (exact) mass is 365 g/mol. The third kappa shape index (κ3) is 4.36. The van der Waals surface area contributed by atoms with Gasteiger partial charge in [0.25, 0.3) is 0 Å². The lowest BCUT2D eigenvalue weighted by Gasteiger charge is -2.21. The van der Waals surface area contributed by atoms with Crippen molar-refractivity contribution in [3.05, 3.63) is 23.5 Å². The van der Waals surface area contributed by atoms with Crippen molar-refractivity contribution < 1.29 is 9.47 Å². The minimum Gasteiger partial charge on any atom is -0.495 e. The number of nitrogens with two attached hydrogens (primary N) is 1. The Labute approximate surface area is 153 Å². The Morgan fingerprint density at radius 3 is 2.56 bits per heavy atom. The van der Waals surface area contributed by atoms with Crippen LogP contribution in [0.3, 0.4) is 0 Å². The van der Waals surface area contributed by atoms with Crippen molar-refractivity contribution in [2.45, 2.75) is 19.8 Å². The molecule has 0 atom stereocenters. The van der Waals surface area contributed by atoms with Gasteiger partial charge >= 0.3 is 0 Å². The molecule has 0 saturated heterocycles. The lowest BCUT2D eigenvalue weighted by molar-refractivity contribution is 0.396. The van der Waals surface area contributed by atoms with Crippen LogP contribution in [0.2, 0.25) is 5.02 Å². The number of nitrogens with zero attached hydrogens (tertiary/aromatic N) is 3. The number of ether oxygens (including phenoxy) is 2. The zero-order chi connectivity index (χ0) is 18.4. The van der Waals surface area contributed by atoms with Gasteiger partial charge in [0.05, 0.1) is 24.9 Å². The van der Waals surface area contributed by atoms with E-state index in [4.69, 9.17) is 26.8 Å². The number of unbranched alkanes of at least 4 members (excludes halogenated alkanes) is 1. The van der Waals surface area contributed by atoms with Gasteiger partial charge in [-0.25, -0.2) is 9.97 Å². The van der Waals surface area contributed by atoms with Crippen LogP contribution >= 0.6 is 11.6 Å². The van der Waals surface area contributed by atoms with Gasteiger partial charge in [-0.05, 0) is 12.5 Å². The standard InChI is InChI=1S/C17H24ClN5O2/c1-5-6-7-23(2)17-15(19)16(20-10-21-17)22-12-8-11(18)13(24-3)9-14(12)25-4/h8-10H,5-7,19H2,1-4H3,(H,20,21,22). The van der Waals surface area contributed by atoms with Crippen LogP contribution in [0.4, 0.5) is 23.0 Å². The van der Waals surface area contributed by atoms with E-state index in [0.29, 0.717) is 39.5 Å². The highest BCUT2D eigenvalue weighted by molar-refractivity contribution is 6.32. The van der Waals surface area contributed by atoms with Crippen molar-refractivity contribution in [2.24, 2.45) is 0 Å². The van der Waals surface area contributed by atoms with Crippen LogP contribution < -0.4 is 25.4 Å². The normalized spacial score (nSPS) is 10.4. The molecular weight excluding hydrogens is 342 g/mol. The van der Waals surface area contributed by atoms with Crippen molar-refractivity contribution in [1.29, 1.82) is 0 Å². The number of hydrogen-bond acceptors (Lipinski definition) is 7. The van der Waals surface area contributed by atoms with Gasteiger partial charge in [0.2, 0.25) is 0 Å². The Kier molecular flexibility index (Phi) is 6.52. The van der Waals surface area contributed by atoms with E-state index in [9.17, 15) is 0 Å². The molecule has 0 bridgehead atoms. The maximum atomic E-state index is 6.26. The molecule has 0 aliphatic heterocycles. The molecule has 2 rings (SSSR count). The zero-order valence-electron chi connectivity index (χ0n) is 15.0. The first-order valence-corrected chi connectivity index (χ1v) is 8.39. The van der Waals surface area contributed by atoms with Crippen LogP contribution in [0.25, 0.3) is 0 Å². The van der Waals surface area contributed by atoms with Crippen LogP contribution in [0.5, 0.6) is 11.5 Å². The third-order valence-corrected chi connectivity index (χ3v) is 4.09. The quantitative estimate of drug-likeness (QED) is 0.737. The van der Waals surface area contributed by atoms with Gasteiger partial charge in [-0.2, -0.15) is 0 Å². The summed E-state index contributed by atoms with van der Waals surface area (Å²) in [4.78, 5) is 10.6. The molecule has 0 saturated carbocycles. The molecule has 2 aromatic rings. The fourth-order valence-corrected chi connectivity index (χ4v) is 2.62. The highest BCUT2D eigenvalue weighted by Crippen LogP contribution is 2.38. The molecule has 0 radical (unpaired) electrons. The molecule has 1 heterocycles. The summed E-state index contributed by atoms with van der Waals surface area (Å²) in [5, 5.41) is 3.62. The molecule has 1 aromatic heterocycles. The topological polar surface area (TPSA) is 85.5 Å². The van der Waals surface area contributed by atoms with Gasteiger partial charge in [0.15, 0.2) is 11.6 Å². The molecule has 7 nitrogen and oxygen atoms in total. The minimum atomic E-state index is 0.457. The van der Waals surface area contributed by atoms with E-state index in [1.54, 1.807) is 26.4 Å². The average molecular weight is 366 g/mol. The van der Waals surface area contributed by atoms with Gasteiger partial charge in [0, 0.05) is 19.7 Å². The Balaban J connectivity index is 2.33. The number of methoxy groups -OCH3 is 2. The first-order chi connectivity index (χ1) is 12.0. The van der Waals surface area contributed by atoms with Crippen molar-refractivity contribution >= 4 is 34.6 Å². The molecular formula is C17H24ClN5O2. The third-order valence-electron chi connectivity index (χ3n) is 3.80. The molecule has 0 aliphatic rings. The Hall–Kier alpha value is -2.41. The van der Waals surface area contributed by atoms with E-state index in [1.165, 1.54) is 6.33 Å². The lowest BCUT2D eigenvalue weighted by Crippen LogP contribution is -2.21. The molecule has 0 unspecified atom stereocenters. The molecule has 136 valence electrons. The zero-order valence-corrected chi connectivity index (χ0v) is 15.7. The minimum absolute atomic E-state index is 0.457. The molecule has 0 amide bonds. The molecule has 0 spiro atoms. The number of hydrogen-bond donors (Lipinski definition) is 2. The maximum absolute atomic E-state index is 6.26. The Bertz CT molecular complexity index is 726. The molecule has 0 aliphatic carbocycles. The van der Waals surface area contributed by atoms with Crippen molar-refractivity contribution in [3.8, 4) is 11.5 Å². The second-order valence-corrected chi connectivity index (χ2v) is 5.95. The number of aromatic nitrogens is 2. The Morgan fingerprint density at radius 1 is 1.20 bits per heavy atom. The largest absolute Gasteiger partial charge is 0.495 e. The van der Waals surface area contributed by atoms with Crippen LogP contribution in [-0.4, -0.2) is 37.8 Å². The van der Waals surface area contributed by atoms with E-state index in [0.717, 1.165) is 19.4 Å². The average Bonchev–Trinajstić information content (AvgIpc) is 2.61. The highest BCUT2D eigenvalue weighted by atomic mass is 35.5. The lowest BCUT2D eigenvalue weighted by atomic mass is 10.2. The molecule has 25 heavy (non-hydrogen) atoms. The smallest absolute Gasteiger partial charge is 0.159 e. The van der Waals surface area contributed by atoms with Gasteiger partial charge < -0.3 is 25.4 Å². The second-order valence-electron chi connectivity index (χ2n) is 5.55. The number of anilines is 4. The SMILES string of the molecule is CCCCN(C)c1ncnc(Nc2cc(Cl)c(OC)cc2OC)c1N. The Morgan fingerprint density at radius 2 is 1.92 bits per heavy atom. The van der Waals surface area contributed by atoms with E-state index >= 15 is 0 Å². The molecule has 1 aromatic carbocycles. The predicted octanol–water partition coefficient (Wildman–Crippen LogP) is 3.71. The van der Waals surface area contributed by atoms with Crippen LogP contribution in [0.1, 0.15) is 19.8 Å². The van der Waals surface area contributed by atoms with Crippen molar-refractivity contribution in [3.63, 3.8) is 0 Å². The number of nitrogens with one attached hydrogen (secondary N) is 1. The summed E-state index contributed by atoms with van der Waals surface area (Å²) in [7, 11) is 5.08. The summed E-state index contributed by atoms with van der Waals surface area (Å²) >= 11 is 6.21. The number of rotatable bonds is 8. The van der Waals surface area contributed by atoms with E-state index in [2.05, 4.69) is 22.2 Å². The highest BCUT2D eigenvalue weighted by Gasteiger charge is 2.15. The van der Waals surface area contributed by atoms with Gasteiger partial charge in [0.1, 0.15) is 23.5 Å². The molecule has 0 fully saturated rings. The summed E-state index contributed by atoms with van der Waals surface area (Å²) in [6.45, 7) is 3.01. The fraction of sp³-hybridized carbons (Fsp3) is 0.412. The summed E-state index contributed by atoms with van der Waals surface area (Å²) < 4.78 is 10.6. The summed E-state index contributed by atoms with van der Waals surface area (Å²) in [6, 6.07) is 3.41. The van der Waals surface area contributed by atoms with Crippen LogP contribution in [0.15, 0.2) is 18.5 Å².